The number of nitrogens with one attached hydrogen (secondary N) is 2. The first kappa shape index (κ1) is 18.5. The first-order valence-corrected chi connectivity index (χ1v) is 7.91. The lowest BCUT2D eigenvalue weighted by molar-refractivity contribution is -0.122. The molecule has 130 valence electrons. The average molecular weight is 360 g/mol. The van der Waals surface area contributed by atoms with Crippen LogP contribution < -0.4 is 15.5 Å². The van der Waals surface area contributed by atoms with Crippen molar-refractivity contribution >= 4 is 29.6 Å². The summed E-state index contributed by atoms with van der Waals surface area (Å²) >= 11 is 5.99. The van der Waals surface area contributed by atoms with Crippen molar-refractivity contribution in [1.29, 1.82) is 0 Å². The summed E-state index contributed by atoms with van der Waals surface area (Å²) in [6.45, 7) is 1.57. The Morgan fingerprint density at radius 3 is 2.48 bits per heavy atom. The van der Waals surface area contributed by atoms with Crippen molar-refractivity contribution < 1.29 is 14.3 Å². The number of methoxy groups -OCH3 is 1. The van der Waals surface area contributed by atoms with Gasteiger partial charge in [0, 0.05) is 16.1 Å². The summed E-state index contributed by atoms with van der Waals surface area (Å²) in [6, 6.07) is 12.9. The lowest BCUT2D eigenvalue weighted by Crippen LogP contribution is -2.43. The number of ether oxygens (including phenoxy) is 1. The monoisotopic (exact) mass is 359 g/mol. The average Bonchev–Trinajstić information content (AvgIpc) is 2.63. The maximum absolute atomic E-state index is 12.1. The fourth-order valence-electron chi connectivity index (χ4n) is 1.93. The molecule has 0 bridgehead atoms. The fourth-order valence-corrected chi connectivity index (χ4v) is 2.11. The van der Waals surface area contributed by atoms with Gasteiger partial charge in [-0.15, -0.1) is 0 Å². The number of benzene rings is 2. The van der Waals surface area contributed by atoms with Gasteiger partial charge in [0.15, 0.2) is 0 Å². The molecule has 0 spiro atoms. The number of carbonyl (C=O) groups excluding carboxylic acids is 2. The second kappa shape index (κ2) is 8.84. The molecule has 2 aromatic carbocycles. The number of hydrogen-bond donors (Lipinski definition) is 2. The smallest absolute Gasteiger partial charge is 0.262 e. The van der Waals surface area contributed by atoms with Gasteiger partial charge in [-0.3, -0.25) is 9.59 Å². The second-order valence-electron chi connectivity index (χ2n) is 5.18. The molecular formula is C18H18ClN3O3. The van der Waals surface area contributed by atoms with Crippen LogP contribution in [-0.4, -0.2) is 31.2 Å². The van der Waals surface area contributed by atoms with Gasteiger partial charge in [-0.2, -0.15) is 5.10 Å². The van der Waals surface area contributed by atoms with E-state index in [0.29, 0.717) is 21.9 Å². The highest BCUT2D eigenvalue weighted by molar-refractivity contribution is 6.33. The summed E-state index contributed by atoms with van der Waals surface area (Å²) in [5.41, 5.74) is 3.48. The van der Waals surface area contributed by atoms with E-state index in [1.54, 1.807) is 56.5 Å². The van der Waals surface area contributed by atoms with Crippen LogP contribution in [0.4, 0.5) is 0 Å². The molecule has 6 nitrogen and oxygen atoms in total. The summed E-state index contributed by atoms with van der Waals surface area (Å²) < 4.78 is 5.04. The zero-order valence-electron chi connectivity index (χ0n) is 13.8. The molecule has 25 heavy (non-hydrogen) atoms. The van der Waals surface area contributed by atoms with E-state index in [2.05, 4.69) is 15.8 Å². The number of halogens is 1. The molecule has 0 aliphatic heterocycles. The number of hydrazone groups is 1. The van der Waals surface area contributed by atoms with E-state index in [9.17, 15) is 9.59 Å². The van der Waals surface area contributed by atoms with Gasteiger partial charge < -0.3 is 10.1 Å². The van der Waals surface area contributed by atoms with Crippen LogP contribution in [0, 0.1) is 0 Å². The number of nitrogens with zero attached hydrogens (tertiary/aromatic N) is 1. The van der Waals surface area contributed by atoms with Gasteiger partial charge >= 0.3 is 0 Å². The van der Waals surface area contributed by atoms with Crippen molar-refractivity contribution in [2.24, 2.45) is 5.10 Å². The third-order valence-electron chi connectivity index (χ3n) is 3.38. The molecule has 0 heterocycles. The van der Waals surface area contributed by atoms with Crippen molar-refractivity contribution in [3.8, 4) is 5.75 Å². The molecule has 7 heteroatoms. The Balaban J connectivity index is 1.89. The van der Waals surface area contributed by atoms with Crippen LogP contribution in [0.5, 0.6) is 5.75 Å². The molecule has 0 fully saturated rings. The van der Waals surface area contributed by atoms with Crippen LogP contribution in [0.15, 0.2) is 53.6 Å². The minimum atomic E-state index is -0.752. The van der Waals surface area contributed by atoms with Crippen molar-refractivity contribution in [3.05, 3.63) is 64.7 Å². The van der Waals surface area contributed by atoms with Gasteiger partial charge in [-0.1, -0.05) is 29.8 Å². The maximum atomic E-state index is 12.1. The molecule has 0 saturated carbocycles. The quantitative estimate of drug-likeness (QED) is 0.614. The van der Waals surface area contributed by atoms with E-state index in [4.69, 9.17) is 16.3 Å². The molecule has 2 aromatic rings. The Hall–Kier alpha value is -2.86. The number of hydrogen-bond acceptors (Lipinski definition) is 4. The van der Waals surface area contributed by atoms with Crippen molar-refractivity contribution in [1.82, 2.24) is 10.7 Å². The fraction of sp³-hybridized carbons (Fsp3) is 0.167. The van der Waals surface area contributed by atoms with E-state index < -0.39 is 11.9 Å². The van der Waals surface area contributed by atoms with Gasteiger partial charge in [-0.25, -0.2) is 5.43 Å². The highest BCUT2D eigenvalue weighted by Crippen LogP contribution is 2.12. The van der Waals surface area contributed by atoms with Crippen molar-refractivity contribution in [3.63, 3.8) is 0 Å². The minimum Gasteiger partial charge on any atom is -0.497 e. The van der Waals surface area contributed by atoms with E-state index in [-0.39, 0.29) is 5.91 Å². The van der Waals surface area contributed by atoms with Gasteiger partial charge in [0.05, 0.1) is 13.3 Å². The molecule has 0 radical (unpaired) electrons. The Morgan fingerprint density at radius 2 is 1.84 bits per heavy atom. The molecule has 0 aliphatic rings. The Morgan fingerprint density at radius 1 is 1.16 bits per heavy atom. The lowest BCUT2D eigenvalue weighted by Gasteiger charge is -2.12. The van der Waals surface area contributed by atoms with Crippen LogP contribution in [0.3, 0.4) is 0 Å². The summed E-state index contributed by atoms with van der Waals surface area (Å²) in [5, 5.41) is 6.98. The van der Waals surface area contributed by atoms with Gasteiger partial charge in [-0.05, 0) is 37.3 Å². The van der Waals surface area contributed by atoms with Gasteiger partial charge in [0.25, 0.3) is 11.8 Å². The largest absolute Gasteiger partial charge is 0.497 e. The predicted octanol–water partition coefficient (Wildman–Crippen LogP) is 2.62. The molecule has 2 rings (SSSR count). The third kappa shape index (κ3) is 5.32. The highest BCUT2D eigenvalue weighted by Gasteiger charge is 2.16. The standard InChI is InChI=1S/C18H18ClN3O3/c1-12(21-18(24)13-7-9-15(25-2)10-8-13)17(23)22-20-11-14-5-3-4-6-16(14)19/h3-12H,1-2H3,(H,21,24)(H,22,23). The van der Waals surface area contributed by atoms with Crippen LogP contribution in [0.1, 0.15) is 22.8 Å². The first-order chi connectivity index (χ1) is 12.0. The predicted molar refractivity (Wildman–Crippen MR) is 97.1 cm³/mol. The van der Waals surface area contributed by atoms with Gasteiger partial charge in [0.1, 0.15) is 11.8 Å². The second-order valence-corrected chi connectivity index (χ2v) is 5.59. The lowest BCUT2D eigenvalue weighted by atomic mass is 10.2. The molecule has 1 unspecified atom stereocenters. The third-order valence-corrected chi connectivity index (χ3v) is 3.72. The number of amides is 2. The Kier molecular flexibility index (Phi) is 6.54. The zero-order valence-corrected chi connectivity index (χ0v) is 14.6. The van der Waals surface area contributed by atoms with Crippen LogP contribution in [0.2, 0.25) is 5.02 Å². The number of carbonyl (C=O) groups is 2. The summed E-state index contributed by atoms with van der Waals surface area (Å²) in [7, 11) is 1.55. The van der Waals surface area contributed by atoms with Crippen LogP contribution in [-0.2, 0) is 4.79 Å². The Labute approximate surface area is 150 Å². The van der Waals surface area contributed by atoms with Crippen molar-refractivity contribution in [2.75, 3.05) is 7.11 Å². The first-order valence-electron chi connectivity index (χ1n) is 7.53. The maximum Gasteiger partial charge on any atom is 0.262 e. The van der Waals surface area contributed by atoms with Crippen LogP contribution >= 0.6 is 11.6 Å². The van der Waals surface area contributed by atoms with E-state index in [1.807, 2.05) is 6.07 Å². The summed E-state index contributed by atoms with van der Waals surface area (Å²) in [6.07, 6.45) is 1.44. The molecule has 2 N–H and O–H groups in total. The molecule has 0 aliphatic carbocycles. The topological polar surface area (TPSA) is 79.8 Å². The van der Waals surface area contributed by atoms with Gasteiger partial charge in [0.2, 0.25) is 0 Å². The zero-order chi connectivity index (χ0) is 18.2. The molecule has 1 atom stereocenters. The number of rotatable bonds is 6. The van der Waals surface area contributed by atoms with Crippen LogP contribution in [0.25, 0.3) is 0 Å². The summed E-state index contributed by atoms with van der Waals surface area (Å²) in [4.78, 5) is 24.1. The SMILES string of the molecule is COc1ccc(C(=O)NC(C)C(=O)NN=Cc2ccccc2Cl)cc1. The normalized spacial score (nSPS) is 11.8. The van der Waals surface area contributed by atoms with E-state index in [0.717, 1.165) is 0 Å². The minimum absolute atomic E-state index is 0.361. The molecule has 0 saturated heterocycles. The van der Waals surface area contributed by atoms with E-state index >= 15 is 0 Å². The molecule has 0 aromatic heterocycles. The van der Waals surface area contributed by atoms with E-state index in [1.165, 1.54) is 6.21 Å². The highest BCUT2D eigenvalue weighted by atomic mass is 35.5. The molecular weight excluding hydrogens is 342 g/mol. The summed E-state index contributed by atoms with van der Waals surface area (Å²) in [5.74, 6) is -0.151. The molecule has 2 amide bonds. The van der Waals surface area contributed by atoms with Crippen molar-refractivity contribution in [2.45, 2.75) is 13.0 Å². The Bertz CT molecular complexity index is 775.